The molecule has 5 nitrogen and oxygen atoms in total. The number of pyridine rings is 1. The number of H-pyrrole nitrogens is 1. The van der Waals surface area contributed by atoms with Crippen molar-refractivity contribution in [2.75, 3.05) is 20.7 Å². The van der Waals surface area contributed by atoms with Crippen molar-refractivity contribution in [3.05, 3.63) is 58.1 Å². The van der Waals surface area contributed by atoms with E-state index >= 15 is 0 Å². The minimum atomic E-state index is -0.455. The van der Waals surface area contributed by atoms with Crippen LogP contribution in [0.25, 0.3) is 11.0 Å². The van der Waals surface area contributed by atoms with Crippen LogP contribution in [0.2, 0.25) is 5.02 Å². The van der Waals surface area contributed by atoms with Crippen molar-refractivity contribution in [2.24, 2.45) is 4.99 Å². The van der Waals surface area contributed by atoms with Crippen LogP contribution in [0.4, 0.5) is 4.39 Å². The molecular weight excluding hydrogens is 379 g/mol. The highest BCUT2D eigenvalue weighted by Crippen LogP contribution is 2.40. The average molecular weight is 401 g/mol. The van der Waals surface area contributed by atoms with Crippen molar-refractivity contribution in [1.29, 1.82) is 0 Å². The van der Waals surface area contributed by atoms with E-state index in [0.29, 0.717) is 17.9 Å². The molecule has 146 valence electrons. The van der Waals surface area contributed by atoms with Crippen LogP contribution in [0.3, 0.4) is 0 Å². The smallest absolute Gasteiger partial charge is 0.142 e. The van der Waals surface area contributed by atoms with Gasteiger partial charge < -0.3 is 14.6 Å². The van der Waals surface area contributed by atoms with E-state index in [1.54, 1.807) is 13.2 Å². The molecule has 4 rings (SSSR count). The van der Waals surface area contributed by atoms with Crippen LogP contribution in [-0.2, 0) is 0 Å². The standard InChI is InChI=1S/C21H22ClFN4O/c1-11(19-18(28-4)6-5-16(23)20(19)22)15-9-26-21-14(15)7-13(8-25-21)17-10-24-12(2)27(17)3/h5-9,11,17H,10H2,1-4H3,(H,25,26)/t11-,17?/m0/s1. The first-order valence-electron chi connectivity index (χ1n) is 9.15. The third kappa shape index (κ3) is 2.92. The number of likely N-dealkylation sites (N-methyl/N-ethyl adjacent to an activating group) is 1. The molecule has 0 amide bonds. The summed E-state index contributed by atoms with van der Waals surface area (Å²) in [5.74, 6) is 0.951. The maximum absolute atomic E-state index is 14.1. The highest BCUT2D eigenvalue weighted by molar-refractivity contribution is 6.31. The Balaban J connectivity index is 1.80. The van der Waals surface area contributed by atoms with Gasteiger partial charge in [0.25, 0.3) is 0 Å². The molecule has 1 aliphatic rings. The first-order valence-corrected chi connectivity index (χ1v) is 9.52. The van der Waals surface area contributed by atoms with Crippen molar-refractivity contribution in [3.8, 4) is 5.75 Å². The van der Waals surface area contributed by atoms with E-state index in [4.69, 9.17) is 16.3 Å². The number of hydrogen-bond acceptors (Lipinski definition) is 4. The first-order chi connectivity index (χ1) is 13.4. The predicted molar refractivity (Wildman–Crippen MR) is 110 cm³/mol. The summed E-state index contributed by atoms with van der Waals surface area (Å²) >= 11 is 6.31. The second kappa shape index (κ2) is 7.09. The Morgan fingerprint density at radius 1 is 1.39 bits per heavy atom. The zero-order valence-electron chi connectivity index (χ0n) is 16.3. The summed E-state index contributed by atoms with van der Waals surface area (Å²) in [6.07, 6.45) is 3.80. The van der Waals surface area contributed by atoms with Crippen molar-refractivity contribution >= 4 is 28.5 Å². The normalized spacial score (nSPS) is 17.9. The van der Waals surface area contributed by atoms with Gasteiger partial charge in [-0.05, 0) is 36.2 Å². The van der Waals surface area contributed by atoms with Gasteiger partial charge in [-0.1, -0.05) is 18.5 Å². The van der Waals surface area contributed by atoms with Crippen LogP contribution in [0, 0.1) is 5.82 Å². The number of nitrogens with zero attached hydrogens (tertiary/aromatic N) is 3. The number of hydrogen-bond donors (Lipinski definition) is 1. The van der Waals surface area contributed by atoms with E-state index in [1.165, 1.54) is 6.07 Å². The Bertz CT molecular complexity index is 1080. The minimum absolute atomic E-state index is 0.0878. The molecule has 1 aromatic carbocycles. The molecule has 0 aliphatic carbocycles. The van der Waals surface area contributed by atoms with Gasteiger partial charge in [0, 0.05) is 36.3 Å². The molecule has 1 unspecified atom stereocenters. The van der Waals surface area contributed by atoms with Crippen molar-refractivity contribution in [1.82, 2.24) is 14.9 Å². The van der Waals surface area contributed by atoms with Gasteiger partial charge in [0.05, 0.1) is 30.6 Å². The Morgan fingerprint density at radius 2 is 2.18 bits per heavy atom. The van der Waals surface area contributed by atoms with Gasteiger partial charge >= 0.3 is 0 Å². The lowest BCUT2D eigenvalue weighted by molar-refractivity contribution is 0.407. The van der Waals surface area contributed by atoms with Gasteiger partial charge in [0.15, 0.2) is 0 Å². The molecule has 7 heteroatoms. The molecule has 1 aliphatic heterocycles. The number of aromatic nitrogens is 2. The van der Waals surface area contributed by atoms with Crippen molar-refractivity contribution in [2.45, 2.75) is 25.8 Å². The molecule has 2 atom stereocenters. The number of ether oxygens (including phenoxy) is 1. The quantitative estimate of drug-likeness (QED) is 0.676. The minimum Gasteiger partial charge on any atom is -0.496 e. The Morgan fingerprint density at radius 3 is 2.86 bits per heavy atom. The van der Waals surface area contributed by atoms with Crippen LogP contribution in [0.1, 0.15) is 42.5 Å². The second-order valence-corrected chi connectivity index (χ2v) is 7.50. The molecule has 3 aromatic rings. The van der Waals surface area contributed by atoms with E-state index in [2.05, 4.69) is 25.9 Å². The highest BCUT2D eigenvalue weighted by Gasteiger charge is 2.26. The fourth-order valence-corrected chi connectivity index (χ4v) is 4.19. The molecule has 0 bridgehead atoms. The zero-order valence-corrected chi connectivity index (χ0v) is 17.0. The van der Waals surface area contributed by atoms with E-state index < -0.39 is 5.82 Å². The number of halogens is 2. The van der Waals surface area contributed by atoms with Crippen LogP contribution < -0.4 is 4.74 Å². The number of methoxy groups -OCH3 is 1. The molecule has 0 saturated carbocycles. The number of rotatable bonds is 4. The second-order valence-electron chi connectivity index (χ2n) is 7.12. The molecule has 28 heavy (non-hydrogen) atoms. The number of aliphatic imine (C=N–C) groups is 1. The maximum Gasteiger partial charge on any atom is 0.142 e. The summed E-state index contributed by atoms with van der Waals surface area (Å²) in [5, 5.41) is 1.08. The number of fused-ring (bicyclic) bond motifs is 1. The van der Waals surface area contributed by atoms with Crippen LogP contribution in [0.5, 0.6) is 5.75 Å². The van der Waals surface area contributed by atoms with E-state index in [0.717, 1.165) is 28.0 Å². The molecule has 0 spiro atoms. The number of nitrogens with one attached hydrogen (secondary N) is 1. The van der Waals surface area contributed by atoms with Gasteiger partial charge in [-0.2, -0.15) is 0 Å². The van der Waals surface area contributed by atoms with E-state index in [9.17, 15) is 4.39 Å². The summed E-state index contributed by atoms with van der Waals surface area (Å²) < 4.78 is 19.6. The lowest BCUT2D eigenvalue weighted by atomic mass is 9.91. The van der Waals surface area contributed by atoms with Gasteiger partial charge in [0.2, 0.25) is 0 Å². The number of aromatic amines is 1. The highest BCUT2D eigenvalue weighted by atomic mass is 35.5. The SMILES string of the molecule is COc1ccc(F)c(Cl)c1[C@@H](C)c1c[nH]c2ncc(C3CN=C(C)N3C)cc12. The lowest BCUT2D eigenvalue weighted by Crippen LogP contribution is -2.24. The van der Waals surface area contributed by atoms with Crippen LogP contribution >= 0.6 is 11.6 Å². The summed E-state index contributed by atoms with van der Waals surface area (Å²) in [4.78, 5) is 14.5. The molecule has 3 heterocycles. The van der Waals surface area contributed by atoms with Crippen LogP contribution in [0.15, 0.2) is 35.6 Å². The van der Waals surface area contributed by atoms with Crippen LogP contribution in [-0.4, -0.2) is 41.4 Å². The molecule has 0 saturated heterocycles. The van der Waals surface area contributed by atoms with Crippen molar-refractivity contribution < 1.29 is 9.13 Å². The molecule has 2 aromatic heterocycles. The largest absolute Gasteiger partial charge is 0.496 e. The van der Waals surface area contributed by atoms with Gasteiger partial charge in [-0.3, -0.25) is 4.99 Å². The maximum atomic E-state index is 14.1. The number of benzene rings is 1. The molecule has 0 radical (unpaired) electrons. The average Bonchev–Trinajstić information content (AvgIpc) is 3.26. The van der Waals surface area contributed by atoms with Gasteiger partial charge in [0.1, 0.15) is 17.2 Å². The van der Waals surface area contributed by atoms with Gasteiger partial charge in [-0.25, -0.2) is 9.37 Å². The summed E-state index contributed by atoms with van der Waals surface area (Å²) in [6, 6.07) is 5.24. The Labute approximate surface area is 168 Å². The molecule has 1 N–H and O–H groups in total. The zero-order chi connectivity index (χ0) is 20.0. The Kier molecular flexibility index (Phi) is 4.75. The fraction of sp³-hybridized carbons (Fsp3) is 0.333. The topological polar surface area (TPSA) is 53.5 Å². The Hall–Kier alpha value is -2.60. The third-order valence-electron chi connectivity index (χ3n) is 5.65. The summed E-state index contributed by atoms with van der Waals surface area (Å²) in [7, 11) is 3.60. The lowest BCUT2D eigenvalue weighted by Gasteiger charge is -2.22. The van der Waals surface area contributed by atoms with Crippen molar-refractivity contribution in [3.63, 3.8) is 0 Å². The third-order valence-corrected chi connectivity index (χ3v) is 6.04. The fourth-order valence-electron chi connectivity index (χ4n) is 3.87. The van der Waals surface area contributed by atoms with E-state index in [1.807, 2.05) is 33.3 Å². The monoisotopic (exact) mass is 400 g/mol. The van der Waals surface area contributed by atoms with E-state index in [-0.39, 0.29) is 17.0 Å². The van der Waals surface area contributed by atoms with Gasteiger partial charge in [-0.15, -0.1) is 0 Å². The predicted octanol–water partition coefficient (Wildman–Crippen LogP) is 4.92. The first kappa shape index (κ1) is 18.7. The molecular formula is C21H22ClFN4O. The summed E-state index contributed by atoms with van der Waals surface area (Å²) in [6.45, 7) is 4.72. The molecule has 0 fully saturated rings. The summed E-state index contributed by atoms with van der Waals surface area (Å²) in [5.41, 5.74) is 3.51. The number of amidine groups is 1.